The van der Waals surface area contributed by atoms with Gasteiger partial charge in [-0.3, -0.25) is 4.99 Å². The monoisotopic (exact) mass is 406 g/mol. The lowest BCUT2D eigenvalue weighted by atomic mass is 10.0. The quantitative estimate of drug-likeness (QED) is 0.579. The molecule has 1 aromatic rings. The normalized spacial score (nSPS) is 25.2. The van der Waals surface area contributed by atoms with Gasteiger partial charge in [-0.05, 0) is 42.9 Å². The molecule has 0 aromatic heterocycles. The van der Waals surface area contributed by atoms with Crippen molar-refractivity contribution >= 4 is 21.9 Å². The fraction of sp³-hybridized carbons (Fsp3) is 0.650. The average molecular weight is 407 g/mol. The molecule has 1 aliphatic carbocycles. The second-order valence-electron chi connectivity index (χ2n) is 7.83. The number of rotatable bonds is 5. The summed E-state index contributed by atoms with van der Waals surface area (Å²) in [6.45, 7) is 8.20. The van der Waals surface area contributed by atoms with E-state index < -0.39 is 0 Å². The first-order valence-corrected chi connectivity index (χ1v) is 10.3. The van der Waals surface area contributed by atoms with E-state index in [2.05, 4.69) is 74.6 Å². The topological polar surface area (TPSA) is 39.7 Å². The molecule has 2 atom stereocenters. The highest BCUT2D eigenvalue weighted by molar-refractivity contribution is 9.10. The fourth-order valence-electron chi connectivity index (χ4n) is 3.75. The van der Waals surface area contributed by atoms with Crippen molar-refractivity contribution < 1.29 is 0 Å². The zero-order chi connectivity index (χ0) is 17.8. The molecule has 1 saturated carbocycles. The Morgan fingerprint density at radius 1 is 1.20 bits per heavy atom. The molecule has 2 N–H and O–H groups in total. The summed E-state index contributed by atoms with van der Waals surface area (Å²) in [4.78, 5) is 7.03. The Morgan fingerprint density at radius 3 is 2.48 bits per heavy atom. The van der Waals surface area contributed by atoms with E-state index in [4.69, 9.17) is 0 Å². The van der Waals surface area contributed by atoms with E-state index in [9.17, 15) is 0 Å². The highest BCUT2D eigenvalue weighted by Crippen LogP contribution is 2.41. The standard InChI is InChI=1S/C20H31BrN4/c1-14(2)13-25-10-8-17(9-11-25)23-20(22-3)24-19-12-18(19)15-4-6-16(21)7-5-15/h4-7,14,17-19H,8-13H2,1-3H3,(H2,22,23,24). The van der Waals surface area contributed by atoms with Crippen LogP contribution in [0.2, 0.25) is 0 Å². The van der Waals surface area contributed by atoms with E-state index in [-0.39, 0.29) is 0 Å². The molecule has 1 saturated heterocycles. The third kappa shape index (κ3) is 5.45. The van der Waals surface area contributed by atoms with Gasteiger partial charge in [0.1, 0.15) is 0 Å². The molecule has 2 fully saturated rings. The maximum absolute atomic E-state index is 4.45. The summed E-state index contributed by atoms with van der Waals surface area (Å²) in [5.74, 6) is 2.33. The van der Waals surface area contributed by atoms with Crippen LogP contribution in [0.4, 0.5) is 0 Å². The SMILES string of the molecule is CN=C(NC1CCN(CC(C)C)CC1)NC1CC1c1ccc(Br)cc1. The van der Waals surface area contributed by atoms with Crippen molar-refractivity contribution in [2.45, 2.75) is 51.1 Å². The van der Waals surface area contributed by atoms with Gasteiger partial charge in [0.2, 0.25) is 0 Å². The Hall–Kier alpha value is -1.07. The van der Waals surface area contributed by atoms with Crippen molar-refractivity contribution in [3.05, 3.63) is 34.3 Å². The first-order valence-electron chi connectivity index (χ1n) is 9.53. The number of hydrogen-bond donors (Lipinski definition) is 2. The molecule has 5 heteroatoms. The number of aliphatic imine (C=N–C) groups is 1. The van der Waals surface area contributed by atoms with Gasteiger partial charge in [0, 0.05) is 49.2 Å². The van der Waals surface area contributed by atoms with Gasteiger partial charge in [-0.25, -0.2) is 0 Å². The largest absolute Gasteiger partial charge is 0.354 e. The van der Waals surface area contributed by atoms with E-state index in [1.807, 2.05) is 7.05 Å². The van der Waals surface area contributed by atoms with Gasteiger partial charge < -0.3 is 15.5 Å². The lowest BCUT2D eigenvalue weighted by molar-refractivity contribution is 0.187. The van der Waals surface area contributed by atoms with Crippen LogP contribution < -0.4 is 10.6 Å². The maximum atomic E-state index is 4.45. The number of likely N-dealkylation sites (tertiary alicyclic amines) is 1. The molecular formula is C20H31BrN4. The van der Waals surface area contributed by atoms with E-state index in [1.165, 1.54) is 44.5 Å². The minimum Gasteiger partial charge on any atom is -0.354 e. The van der Waals surface area contributed by atoms with Crippen molar-refractivity contribution in [1.29, 1.82) is 0 Å². The molecular weight excluding hydrogens is 376 g/mol. The van der Waals surface area contributed by atoms with Gasteiger partial charge in [-0.15, -0.1) is 0 Å². The van der Waals surface area contributed by atoms with Crippen LogP contribution in [0, 0.1) is 5.92 Å². The molecule has 0 spiro atoms. The van der Waals surface area contributed by atoms with Gasteiger partial charge >= 0.3 is 0 Å². The first-order chi connectivity index (χ1) is 12.0. The summed E-state index contributed by atoms with van der Waals surface area (Å²) in [6.07, 6.45) is 3.59. The van der Waals surface area contributed by atoms with Crippen LogP contribution in [0.25, 0.3) is 0 Å². The van der Waals surface area contributed by atoms with E-state index in [0.717, 1.165) is 16.4 Å². The molecule has 2 unspecified atom stereocenters. The fourth-order valence-corrected chi connectivity index (χ4v) is 4.01. The third-order valence-electron chi connectivity index (χ3n) is 5.19. The average Bonchev–Trinajstić information content (AvgIpc) is 3.35. The number of halogens is 1. The molecule has 4 nitrogen and oxygen atoms in total. The summed E-state index contributed by atoms with van der Waals surface area (Å²) >= 11 is 3.51. The minimum absolute atomic E-state index is 0.508. The Kier molecular flexibility index (Phi) is 6.39. The smallest absolute Gasteiger partial charge is 0.191 e. The van der Waals surface area contributed by atoms with E-state index >= 15 is 0 Å². The van der Waals surface area contributed by atoms with Crippen LogP contribution >= 0.6 is 15.9 Å². The van der Waals surface area contributed by atoms with Crippen molar-refractivity contribution in [3.63, 3.8) is 0 Å². The van der Waals surface area contributed by atoms with Gasteiger partial charge in [0.05, 0.1) is 0 Å². The van der Waals surface area contributed by atoms with E-state index in [0.29, 0.717) is 18.0 Å². The molecule has 0 amide bonds. The number of benzene rings is 1. The zero-order valence-electron chi connectivity index (χ0n) is 15.6. The summed E-state index contributed by atoms with van der Waals surface area (Å²) in [5, 5.41) is 7.24. The van der Waals surface area contributed by atoms with Gasteiger partial charge in [0.15, 0.2) is 5.96 Å². The summed E-state index contributed by atoms with van der Waals surface area (Å²) in [7, 11) is 1.88. The lowest BCUT2D eigenvalue weighted by Gasteiger charge is -2.34. The third-order valence-corrected chi connectivity index (χ3v) is 5.71. The van der Waals surface area contributed by atoms with Crippen molar-refractivity contribution in [2.24, 2.45) is 10.9 Å². The lowest BCUT2D eigenvalue weighted by Crippen LogP contribution is -2.49. The highest BCUT2D eigenvalue weighted by Gasteiger charge is 2.39. The van der Waals surface area contributed by atoms with Crippen LogP contribution in [0.5, 0.6) is 0 Å². The molecule has 25 heavy (non-hydrogen) atoms. The predicted octanol–water partition coefficient (Wildman–Crippen LogP) is 3.59. The van der Waals surface area contributed by atoms with E-state index in [1.54, 1.807) is 0 Å². The molecule has 0 bridgehead atoms. The maximum Gasteiger partial charge on any atom is 0.191 e. The molecule has 138 valence electrons. The van der Waals surface area contributed by atoms with Gasteiger partial charge in [0.25, 0.3) is 0 Å². The first kappa shape index (κ1) is 18.7. The summed E-state index contributed by atoms with van der Waals surface area (Å²) < 4.78 is 1.14. The number of hydrogen-bond acceptors (Lipinski definition) is 2. The molecule has 1 aromatic carbocycles. The molecule has 2 aliphatic rings. The number of nitrogens with one attached hydrogen (secondary N) is 2. The van der Waals surface area contributed by atoms with Crippen LogP contribution in [0.15, 0.2) is 33.7 Å². The molecule has 1 aliphatic heterocycles. The Labute approximate surface area is 160 Å². The van der Waals surface area contributed by atoms with Crippen molar-refractivity contribution in [2.75, 3.05) is 26.7 Å². The summed E-state index contributed by atoms with van der Waals surface area (Å²) in [6, 6.07) is 9.74. The van der Waals surface area contributed by atoms with Crippen LogP contribution in [0.1, 0.15) is 44.6 Å². The second-order valence-corrected chi connectivity index (χ2v) is 8.75. The Bertz CT molecular complexity index is 576. The van der Waals surface area contributed by atoms with Crippen LogP contribution in [-0.2, 0) is 0 Å². The van der Waals surface area contributed by atoms with Gasteiger partial charge in [-0.1, -0.05) is 41.9 Å². The van der Waals surface area contributed by atoms with Crippen molar-refractivity contribution in [1.82, 2.24) is 15.5 Å². The van der Waals surface area contributed by atoms with Crippen LogP contribution in [-0.4, -0.2) is 49.6 Å². The molecule has 0 radical (unpaired) electrons. The number of nitrogens with zero attached hydrogens (tertiary/aromatic N) is 2. The molecule has 3 rings (SSSR count). The Morgan fingerprint density at radius 2 is 1.88 bits per heavy atom. The Balaban J connectivity index is 1.43. The number of piperidine rings is 1. The predicted molar refractivity (Wildman–Crippen MR) is 109 cm³/mol. The minimum atomic E-state index is 0.508. The number of guanidine groups is 1. The molecule has 1 heterocycles. The van der Waals surface area contributed by atoms with Crippen LogP contribution in [0.3, 0.4) is 0 Å². The highest BCUT2D eigenvalue weighted by atomic mass is 79.9. The van der Waals surface area contributed by atoms with Crippen molar-refractivity contribution in [3.8, 4) is 0 Å². The second kappa shape index (κ2) is 8.54. The summed E-state index contributed by atoms with van der Waals surface area (Å²) in [5.41, 5.74) is 1.41. The zero-order valence-corrected chi connectivity index (χ0v) is 17.2. The van der Waals surface area contributed by atoms with Gasteiger partial charge in [-0.2, -0.15) is 0 Å².